The lowest BCUT2D eigenvalue weighted by Gasteiger charge is -2.36. The van der Waals surface area contributed by atoms with Crippen molar-refractivity contribution in [3.63, 3.8) is 0 Å². The number of hydrogen-bond donors (Lipinski definition) is 2. The molecule has 7 nitrogen and oxygen atoms in total. The van der Waals surface area contributed by atoms with Crippen LogP contribution in [0.5, 0.6) is 17.2 Å². The Kier molecular flexibility index (Phi) is 7.91. The standard InChI is InChI=1S/C33H33NO6/c1-20-30(33(37)40-15-14-21-8-5-4-6-9-21)31(23-10-7-11-25(35)16-23)32-26(34-20)17-24(18-27(32)36)22-12-13-28(38-2)29(19-22)39-3/h4-13,16,19,24,31,34-35H,14-15,17-18H2,1-3H3/t24-,31-/m0/s1. The molecule has 3 aromatic carbocycles. The highest BCUT2D eigenvalue weighted by Gasteiger charge is 2.41. The summed E-state index contributed by atoms with van der Waals surface area (Å²) in [4.78, 5) is 27.4. The Morgan fingerprint density at radius 3 is 2.42 bits per heavy atom. The Morgan fingerprint density at radius 1 is 0.925 bits per heavy atom. The quantitative estimate of drug-likeness (QED) is 0.362. The number of dihydropyridines is 1. The zero-order valence-electron chi connectivity index (χ0n) is 22.9. The zero-order chi connectivity index (χ0) is 28.2. The van der Waals surface area contributed by atoms with Crippen molar-refractivity contribution in [2.45, 2.75) is 38.0 Å². The molecule has 1 heterocycles. The van der Waals surface area contributed by atoms with Gasteiger partial charge in [0, 0.05) is 35.7 Å². The predicted molar refractivity (Wildman–Crippen MR) is 151 cm³/mol. The minimum absolute atomic E-state index is 0.0519. The van der Waals surface area contributed by atoms with E-state index in [4.69, 9.17) is 14.2 Å². The summed E-state index contributed by atoms with van der Waals surface area (Å²) < 4.78 is 16.6. The molecule has 206 valence electrons. The summed E-state index contributed by atoms with van der Waals surface area (Å²) in [7, 11) is 3.18. The summed E-state index contributed by atoms with van der Waals surface area (Å²) in [5.41, 5.74) is 5.06. The van der Waals surface area contributed by atoms with Crippen molar-refractivity contribution in [2.24, 2.45) is 0 Å². The summed E-state index contributed by atoms with van der Waals surface area (Å²) in [6.45, 7) is 2.05. The third-order valence-electron chi connectivity index (χ3n) is 7.60. The van der Waals surface area contributed by atoms with Crippen LogP contribution in [0.3, 0.4) is 0 Å². The first-order valence-corrected chi connectivity index (χ1v) is 13.4. The average molecular weight is 540 g/mol. The Labute approximate surface area is 234 Å². The fourth-order valence-corrected chi connectivity index (χ4v) is 5.67. The smallest absolute Gasteiger partial charge is 0.336 e. The number of carbonyl (C=O) groups excluding carboxylic acids is 2. The van der Waals surface area contributed by atoms with Gasteiger partial charge in [-0.1, -0.05) is 48.5 Å². The summed E-state index contributed by atoms with van der Waals surface area (Å²) >= 11 is 0. The Morgan fingerprint density at radius 2 is 1.70 bits per heavy atom. The lowest BCUT2D eigenvalue weighted by Crippen LogP contribution is -2.36. The van der Waals surface area contributed by atoms with Gasteiger partial charge in [-0.3, -0.25) is 4.79 Å². The summed E-state index contributed by atoms with van der Waals surface area (Å²) in [5.74, 6) is 0.0565. The van der Waals surface area contributed by atoms with E-state index in [0.717, 1.165) is 16.8 Å². The zero-order valence-corrected chi connectivity index (χ0v) is 22.9. The van der Waals surface area contributed by atoms with E-state index < -0.39 is 11.9 Å². The van der Waals surface area contributed by atoms with Crippen LogP contribution >= 0.6 is 0 Å². The van der Waals surface area contributed by atoms with Crippen LogP contribution in [0, 0.1) is 0 Å². The van der Waals surface area contributed by atoms with Crippen LogP contribution in [0.15, 0.2) is 95.3 Å². The van der Waals surface area contributed by atoms with E-state index in [1.807, 2.05) is 61.5 Å². The number of benzene rings is 3. The highest BCUT2D eigenvalue weighted by Crippen LogP contribution is 2.46. The molecule has 2 aliphatic rings. The Balaban J connectivity index is 1.46. The number of phenols is 1. The second-order valence-electron chi connectivity index (χ2n) is 10.1. The molecule has 0 fully saturated rings. The minimum Gasteiger partial charge on any atom is -0.508 e. The van der Waals surface area contributed by atoms with Crippen LogP contribution in [0.25, 0.3) is 0 Å². The molecule has 2 N–H and O–H groups in total. The molecular formula is C33H33NO6. The lowest BCUT2D eigenvalue weighted by molar-refractivity contribution is -0.139. The molecule has 1 aliphatic carbocycles. The summed E-state index contributed by atoms with van der Waals surface area (Å²) in [6, 6.07) is 22.3. The molecule has 0 aromatic heterocycles. The number of rotatable bonds is 8. The number of methoxy groups -OCH3 is 2. The molecule has 0 radical (unpaired) electrons. The highest BCUT2D eigenvalue weighted by molar-refractivity contribution is 6.04. The molecule has 40 heavy (non-hydrogen) atoms. The normalized spacial score (nSPS) is 18.6. The van der Waals surface area contributed by atoms with Gasteiger partial charge in [-0.2, -0.15) is 0 Å². The van der Waals surface area contributed by atoms with E-state index in [2.05, 4.69) is 5.32 Å². The van der Waals surface area contributed by atoms with Crippen molar-refractivity contribution in [1.82, 2.24) is 5.32 Å². The van der Waals surface area contributed by atoms with Crippen LogP contribution in [0.2, 0.25) is 0 Å². The van der Waals surface area contributed by atoms with Gasteiger partial charge in [-0.25, -0.2) is 4.79 Å². The first kappa shape index (κ1) is 27.1. The van der Waals surface area contributed by atoms with Crippen molar-refractivity contribution < 1.29 is 28.9 Å². The molecule has 0 saturated carbocycles. The van der Waals surface area contributed by atoms with Gasteiger partial charge >= 0.3 is 5.97 Å². The number of esters is 1. The molecule has 1 aliphatic heterocycles. The van der Waals surface area contributed by atoms with E-state index in [0.29, 0.717) is 46.7 Å². The van der Waals surface area contributed by atoms with Gasteiger partial charge in [0.1, 0.15) is 5.75 Å². The van der Waals surface area contributed by atoms with Crippen LogP contribution < -0.4 is 14.8 Å². The third kappa shape index (κ3) is 5.45. The SMILES string of the molecule is COc1ccc([C@@H]2CC(=O)C3=C(C2)NC(C)=C(C(=O)OCCc2ccccc2)[C@@H]3c2cccc(O)c2)cc1OC. The molecule has 2 atom stereocenters. The van der Waals surface area contributed by atoms with Crippen molar-refractivity contribution in [1.29, 1.82) is 0 Å². The van der Waals surface area contributed by atoms with Crippen molar-refractivity contribution in [3.8, 4) is 17.2 Å². The Bertz CT molecular complexity index is 1490. The molecule has 7 heteroatoms. The number of Topliss-reactive ketones (excluding diaryl/α,β-unsaturated/α-hetero) is 1. The second kappa shape index (κ2) is 11.7. The van der Waals surface area contributed by atoms with Gasteiger partial charge in [0.15, 0.2) is 17.3 Å². The topological polar surface area (TPSA) is 94.1 Å². The maximum atomic E-state index is 13.8. The monoisotopic (exact) mass is 539 g/mol. The molecule has 0 bridgehead atoms. The fraction of sp³-hybridized carbons (Fsp3) is 0.273. The van der Waals surface area contributed by atoms with Crippen LogP contribution in [-0.4, -0.2) is 37.7 Å². The van der Waals surface area contributed by atoms with Crippen molar-refractivity contribution >= 4 is 11.8 Å². The third-order valence-corrected chi connectivity index (χ3v) is 7.60. The maximum absolute atomic E-state index is 13.8. The van der Waals surface area contributed by atoms with Gasteiger partial charge in [-0.05, 0) is 60.2 Å². The van der Waals surface area contributed by atoms with E-state index >= 15 is 0 Å². The van der Waals surface area contributed by atoms with Crippen LogP contribution in [0.1, 0.15) is 48.3 Å². The molecule has 3 aromatic rings. The van der Waals surface area contributed by atoms with E-state index in [1.54, 1.807) is 32.4 Å². The van der Waals surface area contributed by atoms with Crippen molar-refractivity contribution in [2.75, 3.05) is 20.8 Å². The van der Waals surface area contributed by atoms with Crippen LogP contribution in [0.4, 0.5) is 0 Å². The highest BCUT2D eigenvalue weighted by atomic mass is 16.5. The number of nitrogens with one attached hydrogen (secondary N) is 1. The second-order valence-corrected chi connectivity index (χ2v) is 10.1. The minimum atomic E-state index is -0.647. The van der Waals surface area contributed by atoms with Crippen LogP contribution in [-0.2, 0) is 20.7 Å². The van der Waals surface area contributed by atoms with E-state index in [-0.39, 0.29) is 30.5 Å². The number of allylic oxidation sites excluding steroid dienone is 3. The molecule has 0 spiro atoms. The first-order valence-electron chi connectivity index (χ1n) is 13.4. The van der Waals surface area contributed by atoms with Gasteiger partial charge in [0.05, 0.1) is 26.4 Å². The summed E-state index contributed by atoms with van der Waals surface area (Å²) in [6.07, 6.45) is 1.45. The number of ether oxygens (including phenoxy) is 3. The molecule has 0 unspecified atom stereocenters. The average Bonchev–Trinajstić information content (AvgIpc) is 2.96. The Hall–Kier alpha value is -4.52. The lowest BCUT2D eigenvalue weighted by atomic mass is 9.71. The molecule has 0 saturated heterocycles. The van der Waals surface area contributed by atoms with Gasteiger partial charge in [0.25, 0.3) is 0 Å². The number of hydrogen-bond acceptors (Lipinski definition) is 7. The van der Waals surface area contributed by atoms with E-state index in [1.165, 1.54) is 0 Å². The number of ketones is 1. The predicted octanol–water partition coefficient (Wildman–Crippen LogP) is 5.56. The molecule has 5 rings (SSSR count). The first-order chi connectivity index (χ1) is 19.4. The number of aromatic hydroxyl groups is 1. The molecule has 0 amide bonds. The largest absolute Gasteiger partial charge is 0.508 e. The van der Waals surface area contributed by atoms with Gasteiger partial charge < -0.3 is 24.6 Å². The number of phenolic OH excluding ortho intramolecular Hbond substituents is 1. The van der Waals surface area contributed by atoms with E-state index in [9.17, 15) is 14.7 Å². The van der Waals surface area contributed by atoms with Gasteiger partial charge in [-0.15, -0.1) is 0 Å². The number of carbonyl (C=O) groups is 2. The van der Waals surface area contributed by atoms with Crippen molar-refractivity contribution in [3.05, 3.63) is 112 Å². The summed E-state index contributed by atoms with van der Waals surface area (Å²) in [5, 5.41) is 13.6. The maximum Gasteiger partial charge on any atom is 0.336 e. The van der Waals surface area contributed by atoms with Gasteiger partial charge in [0.2, 0.25) is 0 Å². The fourth-order valence-electron chi connectivity index (χ4n) is 5.67. The molecular weight excluding hydrogens is 506 g/mol.